The van der Waals surface area contributed by atoms with Crippen LogP contribution in [0.3, 0.4) is 0 Å². The molecular formula is C6H13N+. The molecule has 1 aliphatic heterocycles. The first-order chi connectivity index (χ1) is 3.50. The molecule has 1 aliphatic rings. The Hall–Kier alpha value is -0.0400. The number of nitrogens with one attached hydrogen (secondary N) is 1. The van der Waals surface area contributed by atoms with Crippen molar-refractivity contribution in [3.8, 4) is 0 Å². The Labute approximate surface area is 46.6 Å². The van der Waals surface area contributed by atoms with E-state index >= 15 is 0 Å². The smallest absolute Gasteiger partial charge is 0.317 e. The Morgan fingerprint density at radius 3 is 3.29 bits per heavy atom. The first-order valence-electron chi connectivity index (χ1n) is 3.02. The fourth-order valence-electron chi connectivity index (χ4n) is 0.845. The van der Waals surface area contributed by atoms with E-state index in [1.54, 1.807) is 0 Å². The van der Waals surface area contributed by atoms with E-state index in [4.69, 9.17) is 0 Å². The molecule has 1 N–H and O–H groups in total. The van der Waals surface area contributed by atoms with Gasteiger partial charge >= 0.3 is 1.43 Å². The van der Waals surface area contributed by atoms with Gasteiger partial charge in [-0.05, 0) is 38.8 Å². The Bertz CT molecular complexity index is 28.1. The summed E-state index contributed by atoms with van der Waals surface area (Å²) in [5, 5.41) is 3.32. The van der Waals surface area contributed by atoms with Crippen LogP contribution in [-0.2, 0) is 0 Å². The molecule has 0 aliphatic carbocycles. The van der Waals surface area contributed by atoms with E-state index in [1.165, 1.54) is 32.4 Å². The van der Waals surface area contributed by atoms with E-state index in [0.29, 0.717) is 0 Å². The largest absolute Gasteiger partial charge is 1.00 e. The first kappa shape index (κ1) is 5.10. The summed E-state index contributed by atoms with van der Waals surface area (Å²) in [7, 11) is 0. The molecule has 1 heterocycles. The quantitative estimate of drug-likeness (QED) is 0.479. The van der Waals surface area contributed by atoms with Gasteiger partial charge in [-0.2, -0.15) is 0 Å². The van der Waals surface area contributed by atoms with E-state index in [-0.39, 0.29) is 1.43 Å². The lowest BCUT2D eigenvalue weighted by Crippen LogP contribution is -2.13. The zero-order valence-electron chi connectivity index (χ0n) is 5.61. The van der Waals surface area contributed by atoms with E-state index in [1.807, 2.05) is 0 Å². The van der Waals surface area contributed by atoms with Crippen molar-refractivity contribution >= 4 is 0 Å². The Morgan fingerprint density at radius 1 is 1.29 bits per heavy atom. The topological polar surface area (TPSA) is 12.0 Å². The maximum Gasteiger partial charge on any atom is 1.00 e. The van der Waals surface area contributed by atoms with Gasteiger partial charge in [-0.25, -0.2) is 0 Å². The molecule has 0 aromatic rings. The maximum absolute atomic E-state index is 3.32. The summed E-state index contributed by atoms with van der Waals surface area (Å²) in [4.78, 5) is 0. The van der Waals surface area contributed by atoms with Gasteiger partial charge in [0.25, 0.3) is 0 Å². The third-order valence-corrected chi connectivity index (χ3v) is 1.29. The van der Waals surface area contributed by atoms with Crippen LogP contribution in [0.2, 0.25) is 0 Å². The second-order valence-electron chi connectivity index (χ2n) is 1.97. The van der Waals surface area contributed by atoms with Crippen molar-refractivity contribution in [1.29, 1.82) is 0 Å². The Kier molecular flexibility index (Phi) is 2.21. The molecule has 0 spiro atoms. The molecule has 0 aromatic carbocycles. The van der Waals surface area contributed by atoms with Crippen molar-refractivity contribution in [2.75, 3.05) is 13.1 Å². The highest BCUT2D eigenvalue weighted by Crippen LogP contribution is 1.99. The highest BCUT2D eigenvalue weighted by molar-refractivity contribution is 4.70. The third-order valence-electron chi connectivity index (χ3n) is 1.29. The van der Waals surface area contributed by atoms with Crippen molar-refractivity contribution in [1.82, 2.24) is 5.32 Å². The zero-order valence-corrected chi connectivity index (χ0v) is 4.61. The van der Waals surface area contributed by atoms with Crippen LogP contribution in [0.15, 0.2) is 0 Å². The van der Waals surface area contributed by atoms with Crippen molar-refractivity contribution in [3.05, 3.63) is 6.42 Å². The van der Waals surface area contributed by atoms with Crippen LogP contribution in [0.25, 0.3) is 0 Å². The Balaban J connectivity index is 0.000000490. The third kappa shape index (κ3) is 1.93. The fourth-order valence-corrected chi connectivity index (χ4v) is 0.845. The molecule has 1 saturated heterocycles. The summed E-state index contributed by atoms with van der Waals surface area (Å²) in [6.45, 7) is 2.41. The SMILES string of the molecule is [CH]1CCCNCC1.[H+]. The van der Waals surface area contributed by atoms with Crippen LogP contribution in [-0.4, -0.2) is 13.1 Å². The van der Waals surface area contributed by atoms with Crippen LogP contribution >= 0.6 is 0 Å². The molecule has 41 valence electrons. The van der Waals surface area contributed by atoms with Gasteiger partial charge in [-0.3, -0.25) is 0 Å². The van der Waals surface area contributed by atoms with Crippen molar-refractivity contribution < 1.29 is 1.43 Å². The fraction of sp³-hybridized carbons (Fsp3) is 0.833. The first-order valence-corrected chi connectivity index (χ1v) is 3.02. The average molecular weight is 99.2 g/mol. The second kappa shape index (κ2) is 3.03. The molecule has 1 radical (unpaired) electrons. The van der Waals surface area contributed by atoms with Crippen molar-refractivity contribution in [3.63, 3.8) is 0 Å². The van der Waals surface area contributed by atoms with Crippen molar-refractivity contribution in [2.45, 2.75) is 19.3 Å². The molecule has 0 saturated carbocycles. The monoisotopic (exact) mass is 99.1 g/mol. The summed E-state index contributed by atoms with van der Waals surface area (Å²) in [6.07, 6.45) is 6.27. The molecule has 0 bridgehead atoms. The number of hydrogen-bond acceptors (Lipinski definition) is 1. The summed E-state index contributed by atoms with van der Waals surface area (Å²) in [5.41, 5.74) is 0. The molecular weight excluding hydrogens is 86.1 g/mol. The molecule has 0 atom stereocenters. The summed E-state index contributed by atoms with van der Waals surface area (Å²) < 4.78 is 0. The zero-order chi connectivity index (χ0) is 4.95. The molecule has 7 heavy (non-hydrogen) atoms. The second-order valence-corrected chi connectivity index (χ2v) is 1.97. The normalized spacial score (nSPS) is 24.0. The standard InChI is InChI=1S/C6H12N/c1-2-4-6-7-5-3-1/h1,7H,2-6H2/p+1. The molecule has 1 rings (SSSR count). The maximum atomic E-state index is 3.32. The van der Waals surface area contributed by atoms with Crippen LogP contribution in [0, 0.1) is 6.42 Å². The van der Waals surface area contributed by atoms with E-state index in [9.17, 15) is 0 Å². The minimum absolute atomic E-state index is 0. The van der Waals surface area contributed by atoms with Crippen LogP contribution in [0.4, 0.5) is 0 Å². The predicted octanol–water partition coefficient (Wildman–Crippen LogP) is 1.08. The summed E-state index contributed by atoms with van der Waals surface area (Å²) in [6, 6.07) is 0. The van der Waals surface area contributed by atoms with Crippen LogP contribution in [0.5, 0.6) is 0 Å². The van der Waals surface area contributed by atoms with Gasteiger partial charge in [-0.1, -0.05) is 0 Å². The van der Waals surface area contributed by atoms with Gasteiger partial charge in [0.2, 0.25) is 0 Å². The molecule has 0 aromatic heterocycles. The summed E-state index contributed by atoms with van der Waals surface area (Å²) in [5.74, 6) is 0. The lowest BCUT2D eigenvalue weighted by Gasteiger charge is -1.91. The lowest BCUT2D eigenvalue weighted by molar-refractivity contribution is 0.703. The number of hydrogen-bond donors (Lipinski definition) is 1. The molecule has 1 nitrogen and oxygen atoms in total. The predicted molar refractivity (Wildman–Crippen MR) is 32.1 cm³/mol. The van der Waals surface area contributed by atoms with Crippen LogP contribution in [0.1, 0.15) is 20.7 Å². The number of rotatable bonds is 0. The molecule has 0 amide bonds. The summed E-state index contributed by atoms with van der Waals surface area (Å²) >= 11 is 0. The molecule has 0 unspecified atom stereocenters. The lowest BCUT2D eigenvalue weighted by atomic mass is 10.2. The van der Waals surface area contributed by atoms with E-state index in [0.717, 1.165) is 0 Å². The van der Waals surface area contributed by atoms with Gasteiger partial charge in [0.1, 0.15) is 0 Å². The van der Waals surface area contributed by atoms with Gasteiger partial charge in [0.15, 0.2) is 0 Å². The average Bonchev–Trinajstić information content (AvgIpc) is 1.90. The molecule has 1 fully saturated rings. The van der Waals surface area contributed by atoms with E-state index in [2.05, 4.69) is 11.7 Å². The van der Waals surface area contributed by atoms with E-state index < -0.39 is 0 Å². The van der Waals surface area contributed by atoms with Gasteiger partial charge in [0, 0.05) is 0 Å². The molecule has 1 heteroatoms. The van der Waals surface area contributed by atoms with Gasteiger partial charge in [-0.15, -0.1) is 0 Å². The van der Waals surface area contributed by atoms with Gasteiger partial charge < -0.3 is 5.32 Å². The van der Waals surface area contributed by atoms with Gasteiger partial charge in [0.05, 0.1) is 0 Å². The minimum Gasteiger partial charge on any atom is -0.317 e. The highest BCUT2D eigenvalue weighted by Gasteiger charge is 1.94. The highest BCUT2D eigenvalue weighted by atomic mass is 14.8. The minimum atomic E-state index is 0. The Morgan fingerprint density at radius 2 is 2.29 bits per heavy atom. The van der Waals surface area contributed by atoms with Crippen LogP contribution < -0.4 is 5.32 Å². The van der Waals surface area contributed by atoms with Crippen molar-refractivity contribution in [2.24, 2.45) is 0 Å².